The van der Waals surface area contributed by atoms with Crippen molar-refractivity contribution in [2.45, 2.75) is 83.2 Å². The van der Waals surface area contributed by atoms with Gasteiger partial charge in [0.2, 0.25) is 11.8 Å². The molecular formula is C29H34F6N2O2. The Morgan fingerprint density at radius 3 is 2.18 bits per heavy atom. The molecule has 214 valence electrons. The number of aryl methyl sites for hydroxylation is 1. The van der Waals surface area contributed by atoms with Crippen LogP contribution in [0.25, 0.3) is 0 Å². The van der Waals surface area contributed by atoms with Crippen LogP contribution in [0.4, 0.5) is 26.3 Å². The van der Waals surface area contributed by atoms with Crippen molar-refractivity contribution in [3.05, 3.63) is 47.5 Å². The minimum absolute atomic E-state index is 0.00125. The van der Waals surface area contributed by atoms with E-state index in [1.807, 2.05) is 13.0 Å². The first-order valence-corrected chi connectivity index (χ1v) is 13.6. The highest BCUT2D eigenvalue weighted by Gasteiger charge is 2.73. The molecule has 3 fully saturated rings. The molecule has 0 aromatic heterocycles. The fourth-order valence-electron chi connectivity index (χ4n) is 8.54. The van der Waals surface area contributed by atoms with Gasteiger partial charge in [-0.25, -0.2) is 0 Å². The summed E-state index contributed by atoms with van der Waals surface area (Å²) in [4.78, 5) is 25.5. The summed E-state index contributed by atoms with van der Waals surface area (Å²) >= 11 is 0. The van der Waals surface area contributed by atoms with E-state index >= 15 is 0 Å². The number of halogens is 6. The SMILES string of the molecule is Cc1ccc(C(NC(=O)[C@H]2CC[C@H]3[C@@H]4CC[C@H]5NC(=O)C=C[C@]5(C)[C@H]4CC[C@]23C)(C(F)(F)F)C(F)(F)F)cc1. The second-order valence-corrected chi connectivity index (χ2v) is 12.5. The Bertz CT molecular complexity index is 1160. The van der Waals surface area contributed by atoms with Gasteiger partial charge in [-0.2, -0.15) is 26.3 Å². The summed E-state index contributed by atoms with van der Waals surface area (Å²) in [5.41, 5.74) is -6.05. The van der Waals surface area contributed by atoms with Crippen molar-refractivity contribution < 1.29 is 35.9 Å². The molecule has 0 spiro atoms. The topological polar surface area (TPSA) is 58.2 Å². The molecule has 4 nitrogen and oxygen atoms in total. The zero-order chi connectivity index (χ0) is 28.6. The zero-order valence-electron chi connectivity index (χ0n) is 22.2. The van der Waals surface area contributed by atoms with Gasteiger partial charge in [-0.1, -0.05) is 49.8 Å². The summed E-state index contributed by atoms with van der Waals surface area (Å²) in [6, 6.07) is 3.93. The van der Waals surface area contributed by atoms with Crippen molar-refractivity contribution in [2.24, 2.45) is 34.5 Å². The lowest BCUT2D eigenvalue weighted by Gasteiger charge is -2.58. The highest BCUT2D eigenvalue weighted by molar-refractivity contribution is 5.89. The van der Waals surface area contributed by atoms with Gasteiger partial charge >= 0.3 is 12.4 Å². The molecule has 3 aliphatic carbocycles. The van der Waals surface area contributed by atoms with E-state index in [-0.39, 0.29) is 41.5 Å². The van der Waals surface area contributed by atoms with Gasteiger partial charge in [0.15, 0.2) is 0 Å². The molecule has 39 heavy (non-hydrogen) atoms. The van der Waals surface area contributed by atoms with E-state index in [9.17, 15) is 35.9 Å². The molecular weight excluding hydrogens is 522 g/mol. The van der Waals surface area contributed by atoms with E-state index in [4.69, 9.17) is 0 Å². The number of benzene rings is 1. The third-order valence-electron chi connectivity index (χ3n) is 10.6. The van der Waals surface area contributed by atoms with E-state index in [0.717, 1.165) is 25.0 Å². The summed E-state index contributed by atoms with van der Waals surface area (Å²) in [5, 5.41) is 4.59. The van der Waals surface area contributed by atoms with Crippen molar-refractivity contribution in [2.75, 3.05) is 0 Å². The van der Waals surface area contributed by atoms with Crippen molar-refractivity contribution in [1.82, 2.24) is 10.6 Å². The molecule has 2 N–H and O–H groups in total. The quantitative estimate of drug-likeness (QED) is 0.427. The molecule has 1 aromatic rings. The Labute approximate surface area is 224 Å². The first-order valence-electron chi connectivity index (χ1n) is 13.6. The Kier molecular flexibility index (Phi) is 6.46. The van der Waals surface area contributed by atoms with E-state index < -0.39 is 40.7 Å². The second kappa shape index (κ2) is 8.99. The molecule has 1 aromatic carbocycles. The van der Waals surface area contributed by atoms with Crippen LogP contribution in [0, 0.1) is 41.4 Å². The number of fused-ring (bicyclic) bond motifs is 5. The van der Waals surface area contributed by atoms with E-state index in [2.05, 4.69) is 12.2 Å². The van der Waals surface area contributed by atoms with Gasteiger partial charge in [-0.05, 0) is 80.3 Å². The fraction of sp³-hybridized carbons (Fsp3) is 0.655. The Morgan fingerprint density at radius 1 is 0.923 bits per heavy atom. The van der Waals surface area contributed by atoms with Gasteiger partial charge < -0.3 is 10.6 Å². The molecule has 4 aliphatic rings. The lowest BCUT2D eigenvalue weighted by molar-refractivity contribution is -0.312. The van der Waals surface area contributed by atoms with Crippen molar-refractivity contribution in [3.63, 3.8) is 0 Å². The van der Waals surface area contributed by atoms with Gasteiger partial charge in [0, 0.05) is 17.4 Å². The average Bonchev–Trinajstić information content (AvgIpc) is 3.19. The molecule has 1 heterocycles. The van der Waals surface area contributed by atoms with Crippen LogP contribution in [0.5, 0.6) is 0 Å². The third kappa shape index (κ3) is 4.10. The maximum absolute atomic E-state index is 14.4. The number of nitrogens with one attached hydrogen (secondary N) is 2. The Balaban J connectivity index is 1.46. The standard InChI is InChI=1S/C29H34F6N2O2/c1-16-4-6-17(7-5-16)27(28(30,31)32,29(33,34)35)37-24(39)21-10-9-19-18-8-11-22-26(3,15-13-23(38)36-22)20(18)12-14-25(19,21)2/h4-7,13,15,18-22H,8-12,14H2,1-3H3,(H,36,38)(H,37,39)/t18-,19-,20-,21+,22+,25-,26+/m0/s1. The molecule has 2 amide bonds. The first kappa shape index (κ1) is 28.0. The minimum atomic E-state index is -5.81. The molecule has 5 rings (SSSR count). The monoisotopic (exact) mass is 556 g/mol. The molecule has 7 atom stereocenters. The molecule has 0 radical (unpaired) electrons. The van der Waals surface area contributed by atoms with Crippen LogP contribution in [-0.4, -0.2) is 30.2 Å². The Hall–Kier alpha value is -2.52. The Morgan fingerprint density at radius 2 is 1.56 bits per heavy atom. The zero-order valence-corrected chi connectivity index (χ0v) is 22.2. The van der Waals surface area contributed by atoms with Crippen molar-refractivity contribution >= 4 is 11.8 Å². The maximum Gasteiger partial charge on any atom is 0.424 e. The van der Waals surface area contributed by atoms with Gasteiger partial charge in [-0.15, -0.1) is 0 Å². The normalized spacial score (nSPS) is 36.4. The number of hydrogen-bond acceptors (Lipinski definition) is 2. The summed E-state index contributed by atoms with van der Waals surface area (Å²) < 4.78 is 86.5. The number of carbonyl (C=O) groups excluding carboxylic acids is 2. The summed E-state index contributed by atoms with van der Waals surface area (Å²) in [5.74, 6) is -1.90. The van der Waals surface area contributed by atoms with Gasteiger partial charge in [0.25, 0.3) is 5.54 Å². The van der Waals surface area contributed by atoms with Crippen molar-refractivity contribution in [1.29, 1.82) is 0 Å². The van der Waals surface area contributed by atoms with Gasteiger partial charge in [-0.3, -0.25) is 9.59 Å². The predicted octanol–water partition coefficient (Wildman–Crippen LogP) is 6.34. The second-order valence-electron chi connectivity index (χ2n) is 12.5. The lowest BCUT2D eigenvalue weighted by atomic mass is 9.48. The molecule has 1 aliphatic heterocycles. The maximum atomic E-state index is 14.4. The predicted molar refractivity (Wildman–Crippen MR) is 132 cm³/mol. The number of carbonyl (C=O) groups is 2. The first-order chi connectivity index (χ1) is 18.0. The van der Waals surface area contributed by atoms with E-state index in [0.29, 0.717) is 24.8 Å². The largest absolute Gasteiger partial charge is 0.424 e. The average molecular weight is 557 g/mol. The van der Waals surface area contributed by atoms with Crippen LogP contribution >= 0.6 is 0 Å². The highest BCUT2D eigenvalue weighted by Crippen LogP contribution is 2.65. The van der Waals surface area contributed by atoms with E-state index in [1.165, 1.54) is 17.4 Å². The van der Waals surface area contributed by atoms with Crippen LogP contribution in [-0.2, 0) is 15.1 Å². The van der Waals surface area contributed by atoms with Crippen LogP contribution in [0.2, 0.25) is 0 Å². The van der Waals surface area contributed by atoms with Crippen molar-refractivity contribution in [3.8, 4) is 0 Å². The number of amides is 2. The van der Waals surface area contributed by atoms with Gasteiger partial charge in [0.1, 0.15) is 0 Å². The molecule has 0 saturated heterocycles. The fourth-order valence-corrected chi connectivity index (χ4v) is 8.54. The highest BCUT2D eigenvalue weighted by atomic mass is 19.4. The molecule has 3 saturated carbocycles. The summed E-state index contributed by atoms with van der Waals surface area (Å²) in [6.07, 6.45) is -4.53. The molecule has 0 unspecified atom stereocenters. The number of alkyl halides is 6. The lowest BCUT2D eigenvalue weighted by Crippen LogP contribution is -2.66. The number of rotatable bonds is 3. The summed E-state index contributed by atoms with van der Waals surface area (Å²) in [7, 11) is 0. The van der Waals surface area contributed by atoms with Crippen LogP contribution in [0.1, 0.15) is 63.5 Å². The van der Waals surface area contributed by atoms with Crippen LogP contribution < -0.4 is 10.6 Å². The minimum Gasteiger partial charge on any atom is -0.349 e. The van der Waals surface area contributed by atoms with E-state index in [1.54, 1.807) is 13.0 Å². The number of hydrogen-bond donors (Lipinski definition) is 2. The molecule has 0 bridgehead atoms. The van der Waals surface area contributed by atoms with Crippen LogP contribution in [0.3, 0.4) is 0 Å². The smallest absolute Gasteiger partial charge is 0.349 e. The van der Waals surface area contributed by atoms with Crippen LogP contribution in [0.15, 0.2) is 36.4 Å². The summed E-state index contributed by atoms with van der Waals surface area (Å²) in [6.45, 7) is 5.55. The van der Waals surface area contributed by atoms with Gasteiger partial charge in [0.05, 0.1) is 0 Å². The molecule has 10 heteroatoms. The third-order valence-corrected chi connectivity index (χ3v) is 10.6.